The van der Waals surface area contributed by atoms with Gasteiger partial charge >= 0.3 is 0 Å². The Kier molecular flexibility index (Phi) is 3.88. The van der Waals surface area contributed by atoms with Gasteiger partial charge in [-0.05, 0) is 38.2 Å². The predicted molar refractivity (Wildman–Crippen MR) is 66.7 cm³/mol. The van der Waals surface area contributed by atoms with Gasteiger partial charge in [0.25, 0.3) is 0 Å². The molecule has 1 aliphatic rings. The molecular weight excluding hydrogens is 218 g/mol. The van der Waals surface area contributed by atoms with Gasteiger partial charge in [0.2, 0.25) is 0 Å². The van der Waals surface area contributed by atoms with Crippen LogP contribution in [0.2, 0.25) is 0 Å². The van der Waals surface area contributed by atoms with Crippen LogP contribution in [0.25, 0.3) is 0 Å². The minimum Gasteiger partial charge on any atom is -0.294 e. The third-order valence-electron chi connectivity index (χ3n) is 2.91. The molecule has 0 saturated heterocycles. The molecule has 2 rings (SSSR count). The highest BCUT2D eigenvalue weighted by Gasteiger charge is 2.13. The number of Topliss-reactive ketones (excluding diaryl/α,β-unsaturated/α-hetero) is 1. The molecule has 2 nitrogen and oxygen atoms in total. The lowest BCUT2D eigenvalue weighted by Crippen LogP contribution is -2.06. The molecule has 0 spiro atoms. The van der Waals surface area contributed by atoms with Gasteiger partial charge in [-0.3, -0.25) is 4.79 Å². The van der Waals surface area contributed by atoms with Crippen molar-refractivity contribution in [3.8, 4) is 0 Å². The van der Waals surface area contributed by atoms with Crippen molar-refractivity contribution in [2.75, 3.05) is 0 Å². The molecular formula is C13H17NOS. The van der Waals surface area contributed by atoms with E-state index >= 15 is 0 Å². The van der Waals surface area contributed by atoms with Gasteiger partial charge in [-0.15, -0.1) is 11.3 Å². The molecule has 0 atom stereocenters. The summed E-state index contributed by atoms with van der Waals surface area (Å²) in [5, 5.41) is 3.03. The Balaban J connectivity index is 1.99. The molecule has 0 fully saturated rings. The molecule has 0 unspecified atom stereocenters. The first kappa shape index (κ1) is 11.5. The quantitative estimate of drug-likeness (QED) is 0.803. The fourth-order valence-corrected chi connectivity index (χ4v) is 2.65. The van der Waals surface area contributed by atoms with Crippen molar-refractivity contribution in [3.05, 3.63) is 27.7 Å². The van der Waals surface area contributed by atoms with Gasteiger partial charge in [0.1, 0.15) is 0 Å². The minimum absolute atomic E-state index is 0.271. The zero-order chi connectivity index (χ0) is 11.4. The van der Waals surface area contributed by atoms with Crippen LogP contribution < -0.4 is 0 Å². The van der Waals surface area contributed by atoms with Crippen molar-refractivity contribution in [2.24, 2.45) is 0 Å². The van der Waals surface area contributed by atoms with E-state index < -0.39 is 0 Å². The Morgan fingerprint density at radius 1 is 1.44 bits per heavy atom. The highest BCUT2D eigenvalue weighted by molar-refractivity contribution is 7.09. The number of nitrogens with zero attached hydrogens (tertiary/aromatic N) is 1. The first-order chi connectivity index (χ1) is 7.75. The van der Waals surface area contributed by atoms with Crippen LogP contribution >= 0.6 is 11.3 Å². The molecule has 1 aromatic heterocycles. The van der Waals surface area contributed by atoms with Gasteiger partial charge < -0.3 is 0 Å². The zero-order valence-electron chi connectivity index (χ0n) is 9.66. The van der Waals surface area contributed by atoms with E-state index in [4.69, 9.17) is 0 Å². The second kappa shape index (κ2) is 5.39. The van der Waals surface area contributed by atoms with E-state index in [0.29, 0.717) is 6.42 Å². The number of hydrogen-bond acceptors (Lipinski definition) is 3. The van der Waals surface area contributed by atoms with E-state index in [1.807, 2.05) is 12.3 Å². The highest BCUT2D eigenvalue weighted by Crippen LogP contribution is 2.19. The lowest BCUT2D eigenvalue weighted by molar-refractivity contribution is -0.115. The summed E-state index contributed by atoms with van der Waals surface area (Å²) in [5.74, 6) is 0.271. The lowest BCUT2D eigenvalue weighted by Gasteiger charge is -2.02. The Morgan fingerprint density at radius 2 is 2.31 bits per heavy atom. The van der Waals surface area contributed by atoms with E-state index in [1.165, 1.54) is 12.8 Å². The summed E-state index contributed by atoms with van der Waals surface area (Å²) >= 11 is 1.61. The third-order valence-corrected chi connectivity index (χ3v) is 3.73. The third kappa shape index (κ3) is 3.01. The van der Waals surface area contributed by atoms with Crippen LogP contribution in [0.3, 0.4) is 0 Å². The molecule has 86 valence electrons. The number of carbonyl (C=O) groups excluding carboxylic acids is 1. The summed E-state index contributed by atoms with van der Waals surface area (Å²) in [5.41, 5.74) is 1.96. The Hall–Kier alpha value is -0.960. The molecule has 16 heavy (non-hydrogen) atoms. The summed E-state index contributed by atoms with van der Waals surface area (Å²) in [4.78, 5) is 16.4. The Morgan fingerprint density at radius 3 is 3.06 bits per heavy atom. The van der Waals surface area contributed by atoms with E-state index in [1.54, 1.807) is 11.3 Å². The molecule has 0 saturated carbocycles. The molecule has 0 radical (unpaired) electrons. The number of aromatic nitrogens is 1. The summed E-state index contributed by atoms with van der Waals surface area (Å²) in [6.45, 7) is 1.98. The zero-order valence-corrected chi connectivity index (χ0v) is 10.5. The molecule has 1 heterocycles. The maximum Gasteiger partial charge on any atom is 0.164 e. The van der Waals surface area contributed by atoms with Crippen LogP contribution in [0.5, 0.6) is 0 Å². The molecule has 1 aromatic rings. The van der Waals surface area contributed by atoms with Crippen molar-refractivity contribution >= 4 is 17.1 Å². The van der Waals surface area contributed by atoms with E-state index in [0.717, 1.165) is 35.5 Å². The minimum atomic E-state index is 0.271. The number of ketones is 1. The smallest absolute Gasteiger partial charge is 0.164 e. The number of rotatable bonds is 3. The largest absolute Gasteiger partial charge is 0.294 e. The standard InChI is InChI=1S/C13H17NOS/c1-10-14-12(9-16-10)8-13(15)11-6-4-2-3-5-7-11/h6,9H,2-5,7-8H2,1H3. The first-order valence-corrected chi connectivity index (χ1v) is 6.77. The lowest BCUT2D eigenvalue weighted by atomic mass is 10.0. The van der Waals surface area contributed by atoms with Gasteiger partial charge in [0.05, 0.1) is 17.1 Å². The fraction of sp³-hybridized carbons (Fsp3) is 0.538. The number of hydrogen-bond donors (Lipinski definition) is 0. The fourth-order valence-electron chi connectivity index (χ4n) is 2.04. The van der Waals surface area contributed by atoms with Crippen LogP contribution in [0.1, 0.15) is 42.8 Å². The summed E-state index contributed by atoms with van der Waals surface area (Å²) in [6, 6.07) is 0. The monoisotopic (exact) mass is 235 g/mol. The number of aryl methyl sites for hydroxylation is 1. The number of carbonyl (C=O) groups is 1. The van der Waals surface area contributed by atoms with Crippen LogP contribution in [0, 0.1) is 6.92 Å². The first-order valence-electron chi connectivity index (χ1n) is 5.89. The van der Waals surface area contributed by atoms with Crippen LogP contribution in [0.4, 0.5) is 0 Å². The Labute approximate surface area is 100 Å². The van der Waals surface area contributed by atoms with E-state index in [-0.39, 0.29) is 5.78 Å². The SMILES string of the molecule is Cc1nc(CC(=O)C2=CCCCCC2)cs1. The highest BCUT2D eigenvalue weighted by atomic mass is 32.1. The van der Waals surface area contributed by atoms with E-state index in [9.17, 15) is 4.79 Å². The maximum absolute atomic E-state index is 12.0. The van der Waals surface area contributed by atoms with Crippen molar-refractivity contribution in [1.82, 2.24) is 4.98 Å². The van der Waals surface area contributed by atoms with Crippen molar-refractivity contribution < 1.29 is 4.79 Å². The van der Waals surface area contributed by atoms with Gasteiger partial charge in [0.15, 0.2) is 5.78 Å². The average Bonchev–Trinajstić information content (AvgIpc) is 2.56. The van der Waals surface area contributed by atoms with Gasteiger partial charge in [-0.2, -0.15) is 0 Å². The molecule has 3 heteroatoms. The van der Waals surface area contributed by atoms with Crippen molar-refractivity contribution in [3.63, 3.8) is 0 Å². The van der Waals surface area contributed by atoms with Gasteiger partial charge in [-0.1, -0.05) is 12.5 Å². The topological polar surface area (TPSA) is 30.0 Å². The normalized spacial score (nSPS) is 16.7. The van der Waals surface area contributed by atoms with Crippen LogP contribution in [-0.4, -0.2) is 10.8 Å². The predicted octanol–water partition coefficient (Wildman–Crippen LogP) is 3.45. The van der Waals surface area contributed by atoms with Crippen LogP contribution in [-0.2, 0) is 11.2 Å². The van der Waals surface area contributed by atoms with E-state index in [2.05, 4.69) is 11.1 Å². The second-order valence-electron chi connectivity index (χ2n) is 4.29. The second-order valence-corrected chi connectivity index (χ2v) is 5.35. The van der Waals surface area contributed by atoms with Crippen molar-refractivity contribution in [1.29, 1.82) is 0 Å². The average molecular weight is 235 g/mol. The van der Waals surface area contributed by atoms with Gasteiger partial charge in [0, 0.05) is 5.38 Å². The molecule has 0 amide bonds. The Bertz CT molecular complexity index is 406. The summed E-state index contributed by atoms with van der Waals surface area (Å²) in [6.07, 6.45) is 8.28. The maximum atomic E-state index is 12.0. The molecule has 0 bridgehead atoms. The summed E-state index contributed by atoms with van der Waals surface area (Å²) in [7, 11) is 0. The molecule has 0 N–H and O–H groups in total. The molecule has 1 aliphatic carbocycles. The molecule has 0 aromatic carbocycles. The van der Waals surface area contributed by atoms with Crippen molar-refractivity contribution in [2.45, 2.75) is 45.4 Å². The summed E-state index contributed by atoms with van der Waals surface area (Å²) < 4.78 is 0. The number of thiazole rings is 1. The molecule has 0 aliphatic heterocycles. The van der Waals surface area contributed by atoms with Crippen LogP contribution in [0.15, 0.2) is 17.0 Å². The van der Waals surface area contributed by atoms with Gasteiger partial charge in [-0.25, -0.2) is 4.98 Å². The number of allylic oxidation sites excluding steroid dienone is 2.